The summed E-state index contributed by atoms with van der Waals surface area (Å²) in [6.07, 6.45) is 0.887. The molecule has 0 atom stereocenters. The number of hydrogen-bond donors (Lipinski definition) is 2. The van der Waals surface area contributed by atoms with Crippen LogP contribution in [-0.4, -0.2) is 11.8 Å². The number of rotatable bonds is 4. The molecule has 1 fully saturated rings. The number of carbonyl (C=O) groups is 2. The van der Waals surface area contributed by atoms with E-state index in [0.717, 1.165) is 11.6 Å². The van der Waals surface area contributed by atoms with Crippen molar-refractivity contribution in [3.8, 4) is 0 Å². The van der Waals surface area contributed by atoms with Gasteiger partial charge in [-0.05, 0) is 55.7 Å². The molecule has 3 rings (SSSR count). The van der Waals surface area contributed by atoms with Crippen LogP contribution >= 0.6 is 23.2 Å². The third-order valence-corrected chi connectivity index (χ3v) is 5.01. The molecule has 0 bridgehead atoms. The minimum absolute atomic E-state index is 0.0957. The van der Waals surface area contributed by atoms with Gasteiger partial charge in [0.1, 0.15) is 11.2 Å². The van der Waals surface area contributed by atoms with Gasteiger partial charge in [0.25, 0.3) is 0 Å². The predicted molar refractivity (Wildman–Crippen MR) is 96.5 cm³/mol. The molecular weight excluding hydrogens is 366 g/mol. The molecule has 0 unspecified atom stereocenters. The summed E-state index contributed by atoms with van der Waals surface area (Å²) in [7, 11) is 0. The summed E-state index contributed by atoms with van der Waals surface area (Å²) < 4.78 is 13.2. The lowest BCUT2D eigenvalue weighted by molar-refractivity contribution is -0.131. The Labute approximate surface area is 154 Å². The molecule has 0 aromatic heterocycles. The fourth-order valence-corrected chi connectivity index (χ4v) is 2.85. The molecule has 1 aliphatic carbocycles. The lowest BCUT2D eigenvalue weighted by Gasteiger charge is -2.17. The number of amides is 2. The van der Waals surface area contributed by atoms with Gasteiger partial charge in [0.05, 0.1) is 5.02 Å². The third-order valence-electron chi connectivity index (χ3n) is 4.31. The smallest absolute Gasteiger partial charge is 0.240 e. The minimum atomic E-state index is -1.13. The van der Waals surface area contributed by atoms with Crippen LogP contribution in [0.5, 0.6) is 0 Å². The second-order valence-corrected chi connectivity index (χ2v) is 6.85. The maximum atomic E-state index is 13.2. The van der Waals surface area contributed by atoms with Gasteiger partial charge in [0.15, 0.2) is 0 Å². The van der Waals surface area contributed by atoms with Crippen molar-refractivity contribution < 1.29 is 14.0 Å². The van der Waals surface area contributed by atoms with Gasteiger partial charge >= 0.3 is 0 Å². The highest BCUT2D eigenvalue weighted by molar-refractivity contribution is 6.32. The van der Waals surface area contributed by atoms with Gasteiger partial charge in [0, 0.05) is 16.4 Å². The molecule has 0 saturated heterocycles. The number of nitrogens with one attached hydrogen (secondary N) is 2. The fraction of sp³-hybridized carbons (Fsp3) is 0.222. The Bertz CT molecular complexity index is 866. The summed E-state index contributed by atoms with van der Waals surface area (Å²) in [5.41, 5.74) is 0.519. The van der Waals surface area contributed by atoms with Crippen LogP contribution in [-0.2, 0) is 9.59 Å². The summed E-state index contributed by atoms with van der Waals surface area (Å²) in [6, 6.07) is 9.05. The zero-order chi connectivity index (χ0) is 18.2. The van der Waals surface area contributed by atoms with Crippen LogP contribution in [0, 0.1) is 18.2 Å². The standard InChI is InChI=1S/C18H15Cl2FN2O2/c1-10-12(19)3-2-4-15(10)23-17(25)18(7-8-18)16(24)22-11-5-6-14(21)13(20)9-11/h2-6,9H,7-8H2,1H3,(H,22,24)(H,23,25). The van der Waals surface area contributed by atoms with Crippen LogP contribution in [0.4, 0.5) is 15.8 Å². The van der Waals surface area contributed by atoms with Crippen LogP contribution < -0.4 is 10.6 Å². The van der Waals surface area contributed by atoms with Crippen molar-refractivity contribution in [2.45, 2.75) is 19.8 Å². The fourth-order valence-electron chi connectivity index (χ4n) is 2.49. The topological polar surface area (TPSA) is 58.2 Å². The molecule has 25 heavy (non-hydrogen) atoms. The molecule has 0 spiro atoms. The maximum Gasteiger partial charge on any atom is 0.240 e. The summed E-state index contributed by atoms with van der Waals surface area (Å²) in [5.74, 6) is -1.40. The molecule has 2 aromatic rings. The molecular formula is C18H15Cl2FN2O2. The molecule has 2 amide bonds. The van der Waals surface area contributed by atoms with E-state index in [1.807, 2.05) is 0 Å². The van der Waals surface area contributed by atoms with Crippen molar-refractivity contribution in [3.05, 3.63) is 57.8 Å². The van der Waals surface area contributed by atoms with E-state index >= 15 is 0 Å². The Morgan fingerprint density at radius 3 is 2.36 bits per heavy atom. The largest absolute Gasteiger partial charge is 0.325 e. The van der Waals surface area contributed by atoms with E-state index in [-0.39, 0.29) is 10.9 Å². The van der Waals surface area contributed by atoms with E-state index in [9.17, 15) is 14.0 Å². The molecule has 130 valence electrons. The van der Waals surface area contributed by atoms with Gasteiger partial charge in [0.2, 0.25) is 11.8 Å². The molecule has 0 radical (unpaired) electrons. The van der Waals surface area contributed by atoms with Crippen LogP contribution in [0.3, 0.4) is 0 Å². The Balaban J connectivity index is 1.74. The van der Waals surface area contributed by atoms with E-state index < -0.39 is 17.1 Å². The first-order valence-corrected chi connectivity index (χ1v) is 8.42. The van der Waals surface area contributed by atoms with E-state index in [1.54, 1.807) is 25.1 Å². The zero-order valence-corrected chi connectivity index (χ0v) is 14.8. The van der Waals surface area contributed by atoms with Gasteiger partial charge < -0.3 is 10.6 Å². The normalized spacial score (nSPS) is 14.7. The number of carbonyl (C=O) groups excluding carboxylic acids is 2. The number of halogens is 3. The van der Waals surface area contributed by atoms with Crippen LogP contribution in [0.2, 0.25) is 10.0 Å². The molecule has 4 nitrogen and oxygen atoms in total. The molecule has 1 aliphatic rings. The van der Waals surface area contributed by atoms with Crippen molar-refractivity contribution in [1.82, 2.24) is 0 Å². The van der Waals surface area contributed by atoms with E-state index in [0.29, 0.717) is 29.2 Å². The van der Waals surface area contributed by atoms with Crippen molar-refractivity contribution in [1.29, 1.82) is 0 Å². The van der Waals surface area contributed by atoms with E-state index in [1.165, 1.54) is 12.1 Å². The van der Waals surface area contributed by atoms with Crippen LogP contribution in [0.1, 0.15) is 18.4 Å². The summed E-state index contributed by atoms with van der Waals surface area (Å²) >= 11 is 11.8. The van der Waals surface area contributed by atoms with Crippen molar-refractivity contribution in [2.75, 3.05) is 10.6 Å². The highest BCUT2D eigenvalue weighted by Crippen LogP contribution is 2.47. The third kappa shape index (κ3) is 3.48. The molecule has 2 aromatic carbocycles. The Morgan fingerprint density at radius 1 is 1.04 bits per heavy atom. The summed E-state index contributed by atoms with van der Waals surface area (Å²) in [4.78, 5) is 25.2. The first kappa shape index (κ1) is 17.7. The first-order valence-electron chi connectivity index (χ1n) is 7.66. The second-order valence-electron chi connectivity index (χ2n) is 6.03. The van der Waals surface area contributed by atoms with E-state index in [2.05, 4.69) is 10.6 Å². The van der Waals surface area contributed by atoms with Gasteiger partial charge in [-0.1, -0.05) is 29.3 Å². The summed E-state index contributed by atoms with van der Waals surface area (Å²) in [6.45, 7) is 1.79. The predicted octanol–water partition coefficient (Wildman–Crippen LogP) is 4.80. The SMILES string of the molecule is Cc1c(Cl)cccc1NC(=O)C1(C(=O)Nc2ccc(F)c(Cl)c2)CC1. The Kier molecular flexibility index (Phi) is 4.71. The monoisotopic (exact) mass is 380 g/mol. The maximum absolute atomic E-state index is 13.2. The summed E-state index contributed by atoms with van der Waals surface area (Å²) in [5, 5.41) is 5.84. The molecule has 0 heterocycles. The number of benzene rings is 2. The number of hydrogen-bond acceptors (Lipinski definition) is 2. The Hall–Kier alpha value is -2.11. The minimum Gasteiger partial charge on any atom is -0.325 e. The first-order chi connectivity index (χ1) is 11.8. The lowest BCUT2D eigenvalue weighted by Crippen LogP contribution is -2.35. The van der Waals surface area contributed by atoms with Gasteiger partial charge in [-0.3, -0.25) is 9.59 Å². The van der Waals surface area contributed by atoms with Gasteiger partial charge in [-0.15, -0.1) is 0 Å². The van der Waals surface area contributed by atoms with Crippen LogP contribution in [0.25, 0.3) is 0 Å². The Morgan fingerprint density at radius 2 is 1.72 bits per heavy atom. The zero-order valence-electron chi connectivity index (χ0n) is 13.3. The highest BCUT2D eigenvalue weighted by Gasteiger charge is 2.56. The van der Waals surface area contributed by atoms with Crippen molar-refractivity contribution >= 4 is 46.4 Å². The highest BCUT2D eigenvalue weighted by atomic mass is 35.5. The number of anilines is 2. The molecule has 1 saturated carbocycles. The van der Waals surface area contributed by atoms with E-state index in [4.69, 9.17) is 23.2 Å². The van der Waals surface area contributed by atoms with Gasteiger partial charge in [-0.25, -0.2) is 4.39 Å². The average Bonchev–Trinajstić information content (AvgIpc) is 3.37. The van der Waals surface area contributed by atoms with Crippen molar-refractivity contribution in [2.24, 2.45) is 5.41 Å². The molecule has 2 N–H and O–H groups in total. The van der Waals surface area contributed by atoms with Crippen LogP contribution in [0.15, 0.2) is 36.4 Å². The van der Waals surface area contributed by atoms with Crippen molar-refractivity contribution in [3.63, 3.8) is 0 Å². The van der Waals surface area contributed by atoms with Gasteiger partial charge in [-0.2, -0.15) is 0 Å². The molecule has 0 aliphatic heterocycles. The average molecular weight is 381 g/mol. The molecule has 7 heteroatoms. The lowest BCUT2D eigenvalue weighted by atomic mass is 10.0. The second kappa shape index (κ2) is 6.65. The quantitative estimate of drug-likeness (QED) is 0.748.